The lowest BCUT2D eigenvalue weighted by molar-refractivity contribution is -0.298. The van der Waals surface area contributed by atoms with Crippen LogP contribution in [0.4, 0.5) is 0 Å². The Hall–Kier alpha value is -1.18. The van der Waals surface area contributed by atoms with Crippen LogP contribution in [0.3, 0.4) is 0 Å². The average molecular weight is 635 g/mol. The van der Waals surface area contributed by atoms with Crippen molar-refractivity contribution < 1.29 is 23.9 Å². The summed E-state index contributed by atoms with van der Waals surface area (Å²) >= 11 is 0. The molecule has 1 aliphatic carbocycles. The molecular formula is C38H70N2O5. The highest BCUT2D eigenvalue weighted by molar-refractivity contribution is 5.89. The minimum atomic E-state index is -0.918. The second-order valence-corrected chi connectivity index (χ2v) is 15.8. The molecule has 3 rings (SSSR count). The van der Waals surface area contributed by atoms with E-state index in [1.54, 1.807) is 7.11 Å². The Balaban J connectivity index is 1.63. The molecule has 2 heterocycles. The lowest BCUT2D eigenvalue weighted by atomic mass is 9.72. The number of amides is 1. The Kier molecular flexibility index (Phi) is 15.6. The Morgan fingerprint density at radius 3 is 1.69 bits per heavy atom. The van der Waals surface area contributed by atoms with Crippen molar-refractivity contribution in [1.82, 2.24) is 9.96 Å². The van der Waals surface area contributed by atoms with E-state index < -0.39 is 11.3 Å². The van der Waals surface area contributed by atoms with Crippen LogP contribution in [0.15, 0.2) is 0 Å². The van der Waals surface area contributed by atoms with Gasteiger partial charge in [0, 0.05) is 30.5 Å². The molecule has 1 amide bonds. The van der Waals surface area contributed by atoms with Gasteiger partial charge in [-0.2, -0.15) is 5.06 Å². The first kappa shape index (κ1) is 38.3. The molecule has 0 aromatic carbocycles. The number of hydrogen-bond donors (Lipinski definition) is 0. The molecule has 262 valence electrons. The molecule has 0 bridgehead atoms. The van der Waals surface area contributed by atoms with Crippen molar-refractivity contribution in [2.75, 3.05) is 20.3 Å². The van der Waals surface area contributed by atoms with Gasteiger partial charge in [-0.05, 0) is 59.8 Å². The van der Waals surface area contributed by atoms with Gasteiger partial charge in [0.2, 0.25) is 0 Å². The number of rotatable bonds is 15. The maximum absolute atomic E-state index is 14.7. The van der Waals surface area contributed by atoms with Crippen LogP contribution in [0.1, 0.15) is 189 Å². The first-order valence-electron chi connectivity index (χ1n) is 19.0. The molecule has 1 saturated carbocycles. The molecule has 7 nitrogen and oxygen atoms in total. The summed E-state index contributed by atoms with van der Waals surface area (Å²) in [4.78, 5) is 35.5. The number of carbonyl (C=O) groups is 2. The highest BCUT2D eigenvalue weighted by Gasteiger charge is 2.66. The van der Waals surface area contributed by atoms with Gasteiger partial charge in [-0.15, -0.1) is 0 Å². The fourth-order valence-electron chi connectivity index (χ4n) is 8.93. The van der Waals surface area contributed by atoms with Crippen LogP contribution in [0.5, 0.6) is 0 Å². The van der Waals surface area contributed by atoms with Gasteiger partial charge < -0.3 is 19.2 Å². The standard InChI is InChI=1S/C38H70N2O5/c1-7-8-9-10-11-12-16-19-22-25-30-44-33(41)26-29-39-34(42)37(31-35(2,3)40(43-6)36(4,5)32-37)45-38(39)27-23-20-17-14-13-15-18-21-24-28-38/h7-32H2,1-6H3. The fourth-order valence-corrected chi connectivity index (χ4v) is 8.93. The number of carbonyl (C=O) groups excluding carboxylic acids is 2. The summed E-state index contributed by atoms with van der Waals surface area (Å²) in [7, 11) is 1.72. The van der Waals surface area contributed by atoms with E-state index in [4.69, 9.17) is 14.3 Å². The largest absolute Gasteiger partial charge is 0.466 e. The predicted molar refractivity (Wildman–Crippen MR) is 183 cm³/mol. The minimum Gasteiger partial charge on any atom is -0.466 e. The topological polar surface area (TPSA) is 68.3 Å². The van der Waals surface area contributed by atoms with Gasteiger partial charge in [-0.25, -0.2) is 0 Å². The number of nitrogens with zero attached hydrogens (tertiary/aromatic N) is 2. The quantitative estimate of drug-likeness (QED) is 0.132. The predicted octanol–water partition coefficient (Wildman–Crippen LogP) is 9.65. The van der Waals surface area contributed by atoms with Crippen LogP contribution in [-0.2, 0) is 23.9 Å². The van der Waals surface area contributed by atoms with Crippen LogP contribution < -0.4 is 0 Å². The van der Waals surface area contributed by atoms with E-state index in [9.17, 15) is 9.59 Å². The summed E-state index contributed by atoms with van der Waals surface area (Å²) < 4.78 is 12.9. The summed E-state index contributed by atoms with van der Waals surface area (Å²) in [6, 6.07) is 0. The molecule has 0 aromatic rings. The number of piperidine rings is 1. The molecule has 45 heavy (non-hydrogen) atoms. The highest BCUT2D eigenvalue weighted by Crippen LogP contribution is 2.53. The zero-order valence-electron chi connectivity index (χ0n) is 30.3. The Labute approximate surface area is 276 Å². The first-order chi connectivity index (χ1) is 21.5. The fraction of sp³-hybridized carbons (Fsp3) is 0.947. The number of hydroxylamine groups is 2. The van der Waals surface area contributed by atoms with E-state index >= 15 is 0 Å². The third-order valence-electron chi connectivity index (χ3n) is 10.7. The van der Waals surface area contributed by atoms with E-state index in [0.717, 1.165) is 51.4 Å². The zero-order chi connectivity index (χ0) is 32.8. The number of unbranched alkanes of at least 4 members (excludes halogenated alkanes) is 9. The van der Waals surface area contributed by atoms with Gasteiger partial charge in [-0.1, -0.05) is 110 Å². The Morgan fingerprint density at radius 1 is 0.733 bits per heavy atom. The summed E-state index contributed by atoms with van der Waals surface area (Å²) in [6.07, 6.45) is 26.4. The van der Waals surface area contributed by atoms with Crippen molar-refractivity contribution in [3.05, 3.63) is 0 Å². The van der Waals surface area contributed by atoms with Gasteiger partial charge in [0.05, 0.1) is 20.1 Å². The van der Waals surface area contributed by atoms with Crippen molar-refractivity contribution >= 4 is 11.9 Å². The second kappa shape index (κ2) is 18.4. The van der Waals surface area contributed by atoms with Crippen LogP contribution in [0.2, 0.25) is 0 Å². The molecule has 2 saturated heterocycles. The maximum atomic E-state index is 14.7. The zero-order valence-corrected chi connectivity index (χ0v) is 30.3. The van der Waals surface area contributed by atoms with E-state index in [1.165, 1.54) is 83.5 Å². The molecule has 0 N–H and O–H groups in total. The van der Waals surface area contributed by atoms with Gasteiger partial charge in [0.25, 0.3) is 5.91 Å². The minimum absolute atomic E-state index is 0.0639. The molecule has 3 fully saturated rings. The SMILES string of the molecule is CCCCCCCCCCCCOC(=O)CCN1C(=O)C2(CC(C)(C)N(OC)C(C)(C)C2)OC12CCCCCCCCCCC2. The van der Waals surface area contributed by atoms with Crippen molar-refractivity contribution in [3.8, 4) is 0 Å². The number of esters is 1. The number of hydrogen-bond acceptors (Lipinski definition) is 6. The molecule has 3 aliphatic rings. The molecule has 2 spiro atoms. The third-order valence-corrected chi connectivity index (χ3v) is 10.7. The van der Waals surface area contributed by atoms with Crippen molar-refractivity contribution in [3.63, 3.8) is 0 Å². The first-order valence-corrected chi connectivity index (χ1v) is 19.0. The van der Waals surface area contributed by atoms with Gasteiger partial charge in [0.1, 0.15) is 5.72 Å². The summed E-state index contributed by atoms with van der Waals surface area (Å²) in [5, 5.41) is 2.04. The highest BCUT2D eigenvalue weighted by atomic mass is 16.7. The smallest absolute Gasteiger partial charge is 0.307 e. The second-order valence-electron chi connectivity index (χ2n) is 15.8. The average Bonchev–Trinajstić information content (AvgIpc) is 3.17. The van der Waals surface area contributed by atoms with Crippen LogP contribution in [0, 0.1) is 0 Å². The van der Waals surface area contributed by atoms with Crippen molar-refractivity contribution in [1.29, 1.82) is 0 Å². The molecule has 0 aromatic heterocycles. The molecular weight excluding hydrogens is 564 g/mol. The third kappa shape index (κ3) is 10.9. The molecule has 0 radical (unpaired) electrons. The summed E-state index contributed by atoms with van der Waals surface area (Å²) in [5.74, 6) is -0.133. The van der Waals surface area contributed by atoms with E-state index in [1.807, 2.05) is 9.96 Å². The lowest BCUT2D eigenvalue weighted by Crippen LogP contribution is -2.66. The Morgan fingerprint density at radius 2 is 1.20 bits per heavy atom. The van der Waals surface area contributed by atoms with Crippen molar-refractivity contribution in [2.45, 2.75) is 211 Å². The molecule has 7 heteroatoms. The lowest BCUT2D eigenvalue weighted by Gasteiger charge is -2.55. The van der Waals surface area contributed by atoms with Crippen LogP contribution in [-0.4, -0.2) is 64.5 Å². The summed E-state index contributed by atoms with van der Waals surface area (Å²) in [6.45, 7) is 11.7. The van der Waals surface area contributed by atoms with Gasteiger partial charge in [0.15, 0.2) is 5.60 Å². The van der Waals surface area contributed by atoms with Crippen molar-refractivity contribution in [2.24, 2.45) is 0 Å². The maximum Gasteiger partial charge on any atom is 0.307 e. The normalized spacial score (nSPS) is 23.6. The van der Waals surface area contributed by atoms with Gasteiger partial charge in [-0.3, -0.25) is 9.59 Å². The summed E-state index contributed by atoms with van der Waals surface area (Å²) in [5.41, 5.74) is -2.35. The van der Waals surface area contributed by atoms with Crippen LogP contribution in [0.25, 0.3) is 0 Å². The molecule has 2 aliphatic heterocycles. The van der Waals surface area contributed by atoms with Gasteiger partial charge >= 0.3 is 5.97 Å². The van der Waals surface area contributed by atoms with Crippen LogP contribution >= 0.6 is 0 Å². The van der Waals surface area contributed by atoms with E-state index in [-0.39, 0.29) is 29.4 Å². The molecule has 0 atom stereocenters. The molecule has 0 unspecified atom stereocenters. The Bertz CT molecular complexity index is 857. The monoisotopic (exact) mass is 635 g/mol. The number of ether oxygens (including phenoxy) is 2. The van der Waals surface area contributed by atoms with E-state index in [2.05, 4.69) is 34.6 Å². The van der Waals surface area contributed by atoms with E-state index in [0.29, 0.717) is 26.0 Å².